The Hall–Kier alpha value is -3.27. The van der Waals surface area contributed by atoms with Gasteiger partial charge in [0.05, 0.1) is 4.62 Å². The van der Waals surface area contributed by atoms with Gasteiger partial charge in [-0.3, -0.25) is 0 Å². The zero-order chi connectivity index (χ0) is 27.2. The lowest BCUT2D eigenvalue weighted by molar-refractivity contribution is 0.824. The number of fused-ring (bicyclic) bond motifs is 1. The molecule has 0 aliphatic heterocycles. The molecule has 0 bridgehead atoms. The van der Waals surface area contributed by atoms with E-state index in [1.807, 2.05) is 0 Å². The summed E-state index contributed by atoms with van der Waals surface area (Å²) in [5.74, 6) is 0. The summed E-state index contributed by atoms with van der Waals surface area (Å²) >= 11 is 8.24. The molecule has 0 amide bonds. The number of halogens is 1. The Morgan fingerprint density at radius 1 is 0.450 bits per heavy atom. The van der Waals surface area contributed by atoms with Crippen molar-refractivity contribution in [2.24, 2.45) is 0 Å². The summed E-state index contributed by atoms with van der Waals surface area (Å²) in [7, 11) is -1.52. The topological polar surface area (TPSA) is 0 Å². The van der Waals surface area contributed by atoms with Crippen molar-refractivity contribution in [1.82, 2.24) is 0 Å². The van der Waals surface area contributed by atoms with Gasteiger partial charge in [-0.15, -0.1) is 11.6 Å². The third-order valence-corrected chi connectivity index (χ3v) is 13.6. The Morgan fingerprint density at radius 2 is 0.875 bits per heavy atom. The third-order valence-electron chi connectivity index (χ3n) is 7.39. The van der Waals surface area contributed by atoms with E-state index in [9.17, 15) is 0 Å². The Bertz CT molecular complexity index is 1570. The van der Waals surface area contributed by atoms with Crippen LogP contribution < -0.4 is 21.2 Å². The highest BCUT2D eigenvalue weighted by atomic mass is 35.5. The second kappa shape index (κ2) is 12.5. The predicted octanol–water partition coefficient (Wildman–Crippen LogP) is 8.89. The van der Waals surface area contributed by atoms with Crippen molar-refractivity contribution in [2.75, 3.05) is 6.16 Å². The standard InChI is InChI=1S/C37H31ClP2/c38-37(36-27-15-17-30-16-13-14-26-35(30)36,40(33-22-9-3-10-23-33)34-24-11-4-12-25-34)28-29-39(31-18-5-1-6-19-31)32-20-7-2-8-21-32/h1-27H,28-29H2. The van der Waals surface area contributed by atoms with E-state index in [1.165, 1.54) is 37.6 Å². The molecule has 0 heterocycles. The van der Waals surface area contributed by atoms with E-state index in [2.05, 4.69) is 164 Å². The van der Waals surface area contributed by atoms with Crippen LogP contribution in [0.15, 0.2) is 164 Å². The molecular formula is C37H31ClP2. The first-order chi connectivity index (χ1) is 19.7. The van der Waals surface area contributed by atoms with E-state index in [4.69, 9.17) is 11.6 Å². The van der Waals surface area contributed by atoms with Gasteiger partial charge in [0.2, 0.25) is 0 Å². The highest BCUT2D eigenvalue weighted by molar-refractivity contribution is 7.75. The van der Waals surface area contributed by atoms with Gasteiger partial charge in [-0.05, 0) is 66.0 Å². The summed E-state index contributed by atoms with van der Waals surface area (Å²) in [6.45, 7) is 0. The van der Waals surface area contributed by atoms with E-state index in [-0.39, 0.29) is 0 Å². The number of benzene rings is 6. The molecule has 0 saturated carbocycles. The van der Waals surface area contributed by atoms with Crippen molar-refractivity contribution in [3.8, 4) is 0 Å². The quantitative estimate of drug-likeness (QED) is 0.120. The lowest BCUT2D eigenvalue weighted by Gasteiger charge is -2.39. The molecule has 0 N–H and O–H groups in total. The van der Waals surface area contributed by atoms with Crippen molar-refractivity contribution >= 4 is 59.4 Å². The van der Waals surface area contributed by atoms with Crippen LogP contribution in [-0.2, 0) is 4.62 Å². The van der Waals surface area contributed by atoms with E-state index < -0.39 is 20.5 Å². The van der Waals surface area contributed by atoms with E-state index in [0.29, 0.717) is 0 Å². The molecule has 0 aromatic heterocycles. The van der Waals surface area contributed by atoms with Gasteiger partial charge in [0.1, 0.15) is 0 Å². The Morgan fingerprint density at radius 3 is 1.40 bits per heavy atom. The van der Waals surface area contributed by atoms with Crippen LogP contribution in [0.4, 0.5) is 0 Å². The smallest absolute Gasteiger partial charge is 0.0979 e. The Balaban J connectivity index is 1.53. The average molecular weight is 573 g/mol. The Labute approximate surface area is 245 Å². The van der Waals surface area contributed by atoms with Crippen LogP contribution in [0.1, 0.15) is 12.0 Å². The fourth-order valence-electron chi connectivity index (χ4n) is 5.52. The molecule has 6 rings (SSSR count). The first-order valence-corrected chi connectivity index (χ1v) is 16.9. The molecule has 40 heavy (non-hydrogen) atoms. The number of rotatable bonds is 9. The lowest BCUT2D eigenvalue weighted by atomic mass is 10.0. The third kappa shape index (κ3) is 5.64. The van der Waals surface area contributed by atoms with Crippen LogP contribution in [0.25, 0.3) is 10.8 Å². The molecule has 6 aromatic carbocycles. The zero-order valence-electron chi connectivity index (χ0n) is 22.3. The highest BCUT2D eigenvalue weighted by Gasteiger charge is 2.42. The van der Waals surface area contributed by atoms with Crippen LogP contribution in [0.2, 0.25) is 0 Å². The minimum Gasteiger partial charge on any atom is -0.108 e. The first-order valence-electron chi connectivity index (χ1n) is 13.7. The molecule has 0 spiro atoms. The normalized spacial score (nSPS) is 13.0. The SMILES string of the molecule is ClC(CCP(c1ccccc1)c1ccccc1)(c1cccc2ccccc12)P(c1ccccc1)c1ccccc1. The second-order valence-corrected chi connectivity index (χ2v) is 15.6. The summed E-state index contributed by atoms with van der Waals surface area (Å²) in [6.07, 6.45) is 1.85. The van der Waals surface area contributed by atoms with Gasteiger partial charge in [-0.1, -0.05) is 164 Å². The fourth-order valence-corrected chi connectivity index (χ4v) is 11.9. The minimum absolute atomic E-state index is 0.585. The first kappa shape index (κ1) is 26.9. The van der Waals surface area contributed by atoms with Crippen molar-refractivity contribution in [2.45, 2.75) is 11.0 Å². The van der Waals surface area contributed by atoms with Gasteiger partial charge >= 0.3 is 0 Å². The van der Waals surface area contributed by atoms with E-state index in [1.54, 1.807) is 0 Å². The van der Waals surface area contributed by atoms with Crippen LogP contribution in [0.3, 0.4) is 0 Å². The average Bonchev–Trinajstić information content (AvgIpc) is 3.03. The highest BCUT2D eigenvalue weighted by Crippen LogP contribution is 2.61. The molecule has 3 heteroatoms. The maximum Gasteiger partial charge on any atom is 0.0979 e. The van der Waals surface area contributed by atoms with Gasteiger partial charge in [0.15, 0.2) is 0 Å². The molecule has 0 fully saturated rings. The zero-order valence-corrected chi connectivity index (χ0v) is 24.8. The number of hydrogen-bond acceptors (Lipinski definition) is 0. The molecule has 0 aliphatic rings. The van der Waals surface area contributed by atoms with Gasteiger partial charge in [-0.2, -0.15) is 0 Å². The van der Waals surface area contributed by atoms with Gasteiger partial charge in [-0.25, -0.2) is 0 Å². The van der Waals surface area contributed by atoms with Crippen LogP contribution in [0, 0.1) is 0 Å². The summed E-state index contributed by atoms with van der Waals surface area (Å²) in [5.41, 5.74) is 1.22. The van der Waals surface area contributed by atoms with Crippen LogP contribution in [-0.4, -0.2) is 6.16 Å². The lowest BCUT2D eigenvalue weighted by Crippen LogP contribution is -2.30. The van der Waals surface area contributed by atoms with Crippen molar-refractivity contribution in [3.05, 3.63) is 169 Å². The van der Waals surface area contributed by atoms with E-state index in [0.717, 1.165) is 12.6 Å². The molecule has 1 atom stereocenters. The number of hydrogen-bond donors (Lipinski definition) is 0. The maximum absolute atomic E-state index is 8.24. The van der Waals surface area contributed by atoms with Gasteiger partial charge < -0.3 is 0 Å². The molecule has 1 unspecified atom stereocenters. The molecule has 0 nitrogen and oxygen atoms in total. The van der Waals surface area contributed by atoms with Gasteiger partial charge in [0.25, 0.3) is 0 Å². The van der Waals surface area contributed by atoms with Crippen LogP contribution in [0.5, 0.6) is 0 Å². The van der Waals surface area contributed by atoms with Crippen LogP contribution >= 0.6 is 27.4 Å². The molecular weight excluding hydrogens is 542 g/mol. The molecule has 196 valence electrons. The summed E-state index contributed by atoms with van der Waals surface area (Å²) in [4.78, 5) is 0. The molecule has 6 aromatic rings. The molecule has 0 saturated heterocycles. The van der Waals surface area contributed by atoms with E-state index >= 15 is 0 Å². The second-order valence-electron chi connectivity index (χ2n) is 9.87. The number of alkyl halides is 1. The van der Waals surface area contributed by atoms with Crippen molar-refractivity contribution < 1.29 is 0 Å². The minimum atomic E-state index is -0.939. The Kier molecular flexibility index (Phi) is 8.41. The largest absolute Gasteiger partial charge is 0.108 e. The van der Waals surface area contributed by atoms with Crippen molar-refractivity contribution in [1.29, 1.82) is 0 Å². The molecule has 0 radical (unpaired) electrons. The summed E-state index contributed by atoms with van der Waals surface area (Å²) in [6, 6.07) is 59.1. The predicted molar refractivity (Wildman–Crippen MR) is 179 cm³/mol. The van der Waals surface area contributed by atoms with Gasteiger partial charge in [0, 0.05) is 0 Å². The summed E-state index contributed by atoms with van der Waals surface area (Å²) in [5, 5.41) is 7.86. The maximum atomic E-state index is 8.24. The van der Waals surface area contributed by atoms with Crippen molar-refractivity contribution in [3.63, 3.8) is 0 Å². The monoisotopic (exact) mass is 572 g/mol. The summed E-state index contributed by atoms with van der Waals surface area (Å²) < 4.78 is -0.608. The fraction of sp³-hybridized carbons (Fsp3) is 0.0811. The molecule has 0 aliphatic carbocycles.